The van der Waals surface area contributed by atoms with Crippen molar-refractivity contribution in [1.29, 1.82) is 0 Å². The van der Waals surface area contributed by atoms with Gasteiger partial charge < -0.3 is 15.4 Å². The first-order valence-electron chi connectivity index (χ1n) is 8.43. The average molecular weight is 389 g/mol. The van der Waals surface area contributed by atoms with Crippen LogP contribution in [0, 0.1) is 13.8 Å². The summed E-state index contributed by atoms with van der Waals surface area (Å²) in [6.45, 7) is 3.44. The molecule has 0 heterocycles. The summed E-state index contributed by atoms with van der Waals surface area (Å²) in [6.07, 6.45) is -0.199. The van der Waals surface area contributed by atoms with Crippen LogP contribution in [0.25, 0.3) is 0 Å². The number of aryl methyl sites for hydroxylation is 1. The number of halogens is 1. The van der Waals surface area contributed by atoms with Crippen molar-refractivity contribution in [3.05, 3.63) is 58.6 Å². The second-order valence-corrected chi connectivity index (χ2v) is 6.39. The summed E-state index contributed by atoms with van der Waals surface area (Å²) in [4.78, 5) is 35.5. The lowest BCUT2D eigenvalue weighted by Gasteiger charge is -2.10. The number of para-hydroxylation sites is 1. The maximum Gasteiger partial charge on any atom is 0.306 e. The second-order valence-electron chi connectivity index (χ2n) is 5.98. The van der Waals surface area contributed by atoms with Gasteiger partial charge in [0.2, 0.25) is 5.91 Å². The van der Waals surface area contributed by atoms with E-state index in [4.69, 9.17) is 16.3 Å². The number of amides is 2. The van der Waals surface area contributed by atoms with Crippen molar-refractivity contribution >= 4 is 40.8 Å². The molecule has 0 radical (unpaired) electrons. The minimum atomic E-state index is -0.625. The maximum atomic E-state index is 11.9. The Hall–Kier alpha value is -2.86. The van der Waals surface area contributed by atoms with Crippen molar-refractivity contribution in [2.75, 3.05) is 17.2 Å². The van der Waals surface area contributed by atoms with Crippen LogP contribution in [0.15, 0.2) is 42.5 Å². The summed E-state index contributed by atoms with van der Waals surface area (Å²) in [5.41, 5.74) is 3.16. The molecule has 0 bridgehead atoms. The molecule has 0 aliphatic rings. The fraction of sp³-hybridized carbons (Fsp3) is 0.250. The van der Waals surface area contributed by atoms with Crippen molar-refractivity contribution in [2.45, 2.75) is 26.7 Å². The van der Waals surface area contributed by atoms with Gasteiger partial charge in [-0.3, -0.25) is 14.4 Å². The normalized spacial score (nSPS) is 10.2. The molecule has 0 saturated heterocycles. The molecular formula is C20H21ClN2O4. The van der Waals surface area contributed by atoms with E-state index in [0.29, 0.717) is 16.4 Å². The first kappa shape index (κ1) is 20.5. The quantitative estimate of drug-likeness (QED) is 0.705. The molecule has 0 aromatic heterocycles. The van der Waals surface area contributed by atoms with Crippen molar-refractivity contribution in [3.8, 4) is 0 Å². The van der Waals surface area contributed by atoms with Gasteiger partial charge in [-0.2, -0.15) is 0 Å². The number of hydrogen-bond donors (Lipinski definition) is 2. The molecule has 0 atom stereocenters. The Morgan fingerprint density at radius 1 is 0.889 bits per heavy atom. The molecule has 0 aliphatic heterocycles. The summed E-state index contributed by atoms with van der Waals surface area (Å²) in [6, 6.07) is 12.4. The van der Waals surface area contributed by atoms with E-state index in [0.717, 1.165) is 11.1 Å². The number of esters is 1. The van der Waals surface area contributed by atoms with Crippen molar-refractivity contribution in [1.82, 2.24) is 0 Å². The van der Waals surface area contributed by atoms with Gasteiger partial charge >= 0.3 is 5.97 Å². The third kappa shape index (κ3) is 6.42. The van der Waals surface area contributed by atoms with Gasteiger partial charge in [-0.25, -0.2) is 0 Å². The molecule has 27 heavy (non-hydrogen) atoms. The van der Waals surface area contributed by atoms with E-state index < -0.39 is 18.5 Å². The highest BCUT2D eigenvalue weighted by molar-refractivity contribution is 6.33. The van der Waals surface area contributed by atoms with Gasteiger partial charge in [0.25, 0.3) is 5.91 Å². The van der Waals surface area contributed by atoms with Crippen LogP contribution in [-0.2, 0) is 19.1 Å². The van der Waals surface area contributed by atoms with Crippen LogP contribution in [0.1, 0.15) is 24.0 Å². The monoisotopic (exact) mass is 388 g/mol. The zero-order valence-corrected chi connectivity index (χ0v) is 15.9. The SMILES string of the molecule is Cc1cccc(NC(=O)COC(=O)CCC(=O)Nc2ccccc2Cl)c1C. The maximum absolute atomic E-state index is 11.9. The molecule has 0 spiro atoms. The lowest BCUT2D eigenvalue weighted by Crippen LogP contribution is -2.22. The Balaban J connectivity index is 1.72. The standard InChI is InChI=1S/C20H21ClN2O4/c1-13-6-5-9-16(14(13)2)22-19(25)12-27-20(26)11-10-18(24)23-17-8-4-3-7-15(17)21/h3-9H,10-12H2,1-2H3,(H,22,25)(H,23,24). The molecule has 0 fully saturated rings. The molecule has 0 saturated carbocycles. The zero-order valence-electron chi connectivity index (χ0n) is 15.2. The second kappa shape index (κ2) is 9.73. The van der Waals surface area contributed by atoms with Gasteiger partial charge in [0.1, 0.15) is 0 Å². The van der Waals surface area contributed by atoms with Crippen molar-refractivity contribution < 1.29 is 19.1 Å². The number of rotatable bonds is 7. The first-order valence-corrected chi connectivity index (χ1v) is 8.80. The first-order chi connectivity index (χ1) is 12.9. The van der Waals surface area contributed by atoms with E-state index >= 15 is 0 Å². The van der Waals surface area contributed by atoms with Crippen LogP contribution >= 0.6 is 11.6 Å². The molecular weight excluding hydrogens is 368 g/mol. The molecule has 2 aromatic carbocycles. The van der Waals surface area contributed by atoms with Crippen LogP contribution in [0.5, 0.6) is 0 Å². The van der Waals surface area contributed by atoms with Crippen LogP contribution < -0.4 is 10.6 Å². The van der Waals surface area contributed by atoms with Crippen LogP contribution in [0.3, 0.4) is 0 Å². The summed E-state index contributed by atoms with van der Waals surface area (Å²) >= 11 is 5.95. The summed E-state index contributed by atoms with van der Waals surface area (Å²) in [5.74, 6) is -1.42. The molecule has 2 rings (SSSR count). The molecule has 0 aliphatic carbocycles. The molecule has 7 heteroatoms. The summed E-state index contributed by atoms with van der Waals surface area (Å²) in [5, 5.41) is 5.73. The predicted molar refractivity (Wildman–Crippen MR) is 105 cm³/mol. The van der Waals surface area contributed by atoms with Crippen molar-refractivity contribution in [3.63, 3.8) is 0 Å². The highest BCUT2D eigenvalue weighted by Crippen LogP contribution is 2.20. The Kier molecular flexibility index (Phi) is 7.37. The Morgan fingerprint density at radius 3 is 2.30 bits per heavy atom. The average Bonchev–Trinajstić information content (AvgIpc) is 2.64. The highest BCUT2D eigenvalue weighted by Gasteiger charge is 2.12. The Bertz CT molecular complexity index is 852. The molecule has 6 nitrogen and oxygen atoms in total. The topological polar surface area (TPSA) is 84.5 Å². The molecule has 2 N–H and O–H groups in total. The third-order valence-corrected chi connectivity index (χ3v) is 4.28. The molecule has 2 aromatic rings. The number of benzene rings is 2. The van der Waals surface area contributed by atoms with Gasteiger partial charge in [0.15, 0.2) is 6.61 Å². The lowest BCUT2D eigenvalue weighted by molar-refractivity contribution is -0.147. The fourth-order valence-electron chi connectivity index (χ4n) is 2.28. The van der Waals surface area contributed by atoms with E-state index in [1.807, 2.05) is 26.0 Å². The van der Waals surface area contributed by atoms with Gasteiger partial charge in [-0.1, -0.05) is 35.9 Å². The number of carbonyl (C=O) groups is 3. The van der Waals surface area contributed by atoms with Crippen LogP contribution in [0.2, 0.25) is 5.02 Å². The van der Waals surface area contributed by atoms with E-state index in [1.54, 1.807) is 30.3 Å². The number of ether oxygens (including phenoxy) is 1. The van der Waals surface area contributed by atoms with E-state index in [9.17, 15) is 14.4 Å². The van der Waals surface area contributed by atoms with Crippen LogP contribution in [-0.4, -0.2) is 24.4 Å². The number of anilines is 2. The van der Waals surface area contributed by atoms with Gasteiger partial charge in [0.05, 0.1) is 17.1 Å². The zero-order chi connectivity index (χ0) is 19.8. The summed E-state index contributed by atoms with van der Waals surface area (Å²) in [7, 11) is 0. The van der Waals surface area contributed by atoms with Gasteiger partial charge in [-0.05, 0) is 43.2 Å². The number of hydrogen-bond acceptors (Lipinski definition) is 4. The summed E-state index contributed by atoms with van der Waals surface area (Å²) < 4.78 is 4.91. The predicted octanol–water partition coefficient (Wildman–Crippen LogP) is 3.86. The smallest absolute Gasteiger partial charge is 0.306 e. The molecule has 2 amide bonds. The molecule has 0 unspecified atom stereocenters. The van der Waals surface area contributed by atoms with E-state index in [2.05, 4.69) is 10.6 Å². The number of carbonyl (C=O) groups excluding carboxylic acids is 3. The Labute approximate surface area is 162 Å². The highest BCUT2D eigenvalue weighted by atomic mass is 35.5. The fourth-order valence-corrected chi connectivity index (χ4v) is 2.46. The van der Waals surface area contributed by atoms with Gasteiger partial charge in [0, 0.05) is 12.1 Å². The minimum Gasteiger partial charge on any atom is -0.456 e. The number of nitrogens with one attached hydrogen (secondary N) is 2. The van der Waals surface area contributed by atoms with E-state index in [1.165, 1.54) is 0 Å². The lowest BCUT2D eigenvalue weighted by atomic mass is 10.1. The van der Waals surface area contributed by atoms with Gasteiger partial charge in [-0.15, -0.1) is 0 Å². The molecule has 142 valence electrons. The Morgan fingerprint density at radius 2 is 1.56 bits per heavy atom. The van der Waals surface area contributed by atoms with Crippen molar-refractivity contribution in [2.24, 2.45) is 0 Å². The largest absolute Gasteiger partial charge is 0.456 e. The minimum absolute atomic E-state index is 0.0668. The van der Waals surface area contributed by atoms with E-state index in [-0.39, 0.29) is 18.7 Å². The van der Waals surface area contributed by atoms with Crippen LogP contribution in [0.4, 0.5) is 11.4 Å². The third-order valence-electron chi connectivity index (χ3n) is 3.95.